The minimum Gasteiger partial charge on any atom is -0.493 e. The van der Waals surface area contributed by atoms with E-state index in [2.05, 4.69) is 19.7 Å². The number of hydrogen-bond donors (Lipinski definition) is 1. The third-order valence-corrected chi connectivity index (χ3v) is 5.84. The van der Waals surface area contributed by atoms with E-state index in [1.807, 2.05) is 0 Å². The summed E-state index contributed by atoms with van der Waals surface area (Å²) in [6, 6.07) is 9.68. The number of sulfonamides is 1. The number of hydrogen-bond acceptors (Lipinski definition) is 8. The lowest BCUT2D eigenvalue weighted by Crippen LogP contribution is -2.15. The maximum Gasteiger partial charge on any atom is 0.330 e. The molecule has 3 aromatic rings. The molecule has 0 aliphatic rings. The van der Waals surface area contributed by atoms with Crippen molar-refractivity contribution < 1.29 is 27.4 Å². The fourth-order valence-electron chi connectivity index (χ4n) is 2.95. The lowest BCUT2D eigenvalue weighted by atomic mass is 10.2. The summed E-state index contributed by atoms with van der Waals surface area (Å²) in [6.45, 7) is 0. The molecule has 32 heavy (non-hydrogen) atoms. The maximum atomic E-state index is 13.3. The summed E-state index contributed by atoms with van der Waals surface area (Å²) in [5, 5.41) is 7.88. The van der Waals surface area contributed by atoms with E-state index < -0.39 is 16.0 Å². The van der Waals surface area contributed by atoms with E-state index in [9.17, 15) is 13.2 Å². The zero-order valence-corrected chi connectivity index (χ0v) is 18.7. The van der Waals surface area contributed by atoms with Crippen LogP contribution in [0.1, 0.15) is 5.56 Å². The van der Waals surface area contributed by atoms with Crippen LogP contribution in [0.4, 0.5) is 5.69 Å². The summed E-state index contributed by atoms with van der Waals surface area (Å²) in [5.74, 6) is 0.218. The third kappa shape index (κ3) is 4.89. The molecule has 0 atom stereocenters. The molecule has 2 aromatic carbocycles. The SMILES string of the molecule is COC(=O)/C=C/c1cc(OC)c(OC)c(S(=O)(=O)Nc2cccc(-c3nncn3C)c2)c1. The second-order valence-corrected chi connectivity index (χ2v) is 8.21. The summed E-state index contributed by atoms with van der Waals surface area (Å²) in [7, 11) is 1.67. The van der Waals surface area contributed by atoms with Crippen molar-refractivity contribution in [1.29, 1.82) is 0 Å². The number of anilines is 1. The van der Waals surface area contributed by atoms with Gasteiger partial charge in [-0.1, -0.05) is 12.1 Å². The number of benzene rings is 2. The van der Waals surface area contributed by atoms with Crippen molar-refractivity contribution in [2.75, 3.05) is 26.1 Å². The highest BCUT2D eigenvalue weighted by Crippen LogP contribution is 2.37. The smallest absolute Gasteiger partial charge is 0.330 e. The molecule has 0 aliphatic heterocycles. The molecule has 3 rings (SSSR count). The van der Waals surface area contributed by atoms with Crippen molar-refractivity contribution in [2.24, 2.45) is 7.05 Å². The molecule has 168 valence electrons. The van der Waals surface area contributed by atoms with Crippen LogP contribution in [0.3, 0.4) is 0 Å². The molecule has 0 bridgehead atoms. The molecule has 1 N–H and O–H groups in total. The number of carbonyl (C=O) groups is 1. The summed E-state index contributed by atoms with van der Waals surface area (Å²) in [6.07, 6.45) is 4.15. The molecule has 0 fully saturated rings. The van der Waals surface area contributed by atoms with E-state index in [-0.39, 0.29) is 16.4 Å². The van der Waals surface area contributed by atoms with E-state index in [1.54, 1.807) is 48.3 Å². The molecule has 0 saturated heterocycles. The Balaban J connectivity index is 2.03. The first-order chi connectivity index (χ1) is 15.3. The first kappa shape index (κ1) is 22.8. The topological polar surface area (TPSA) is 122 Å². The third-order valence-electron chi connectivity index (χ3n) is 4.45. The van der Waals surface area contributed by atoms with Crippen LogP contribution in [0.2, 0.25) is 0 Å². The molecule has 1 heterocycles. The van der Waals surface area contributed by atoms with Crippen LogP contribution in [0.5, 0.6) is 11.5 Å². The van der Waals surface area contributed by atoms with Crippen molar-refractivity contribution in [3.05, 3.63) is 54.4 Å². The fraction of sp³-hybridized carbons (Fsp3) is 0.190. The van der Waals surface area contributed by atoms with Gasteiger partial charge in [-0.15, -0.1) is 10.2 Å². The second kappa shape index (κ2) is 9.52. The normalized spacial score (nSPS) is 11.4. The van der Waals surface area contributed by atoms with Crippen molar-refractivity contribution in [1.82, 2.24) is 14.8 Å². The van der Waals surface area contributed by atoms with Crippen molar-refractivity contribution >= 4 is 27.8 Å². The predicted molar refractivity (Wildman–Crippen MR) is 118 cm³/mol. The van der Waals surface area contributed by atoms with Gasteiger partial charge >= 0.3 is 5.97 Å². The Kier molecular flexibility index (Phi) is 6.79. The number of nitrogens with zero attached hydrogens (tertiary/aromatic N) is 3. The number of aryl methyl sites for hydroxylation is 1. The van der Waals surface area contributed by atoms with E-state index in [1.165, 1.54) is 39.5 Å². The zero-order chi connectivity index (χ0) is 23.3. The number of ether oxygens (including phenoxy) is 3. The van der Waals surface area contributed by atoms with Crippen molar-refractivity contribution in [3.8, 4) is 22.9 Å². The van der Waals surface area contributed by atoms with Gasteiger partial charge in [-0.3, -0.25) is 4.72 Å². The van der Waals surface area contributed by atoms with Gasteiger partial charge in [-0.25, -0.2) is 13.2 Å². The summed E-state index contributed by atoms with van der Waals surface area (Å²) in [4.78, 5) is 11.3. The lowest BCUT2D eigenvalue weighted by molar-refractivity contribution is -0.134. The first-order valence-electron chi connectivity index (χ1n) is 9.28. The Labute approximate surface area is 185 Å². The molecule has 11 heteroatoms. The molecule has 0 unspecified atom stereocenters. The number of methoxy groups -OCH3 is 3. The van der Waals surface area contributed by atoms with Gasteiger partial charge in [0.1, 0.15) is 11.2 Å². The molecule has 10 nitrogen and oxygen atoms in total. The minimum absolute atomic E-state index is 0.0275. The quantitative estimate of drug-likeness (QED) is 0.404. The molecular formula is C21H22N4O6S. The second-order valence-electron chi connectivity index (χ2n) is 6.56. The summed E-state index contributed by atoms with van der Waals surface area (Å²) < 4.78 is 46.0. The first-order valence-corrected chi connectivity index (χ1v) is 10.8. The number of aromatic nitrogens is 3. The number of rotatable bonds is 8. The van der Waals surface area contributed by atoms with Gasteiger partial charge in [0.2, 0.25) is 0 Å². The van der Waals surface area contributed by atoms with Crippen molar-refractivity contribution in [2.45, 2.75) is 4.90 Å². The molecule has 1 aromatic heterocycles. The predicted octanol–water partition coefficient (Wildman–Crippen LogP) is 2.49. The van der Waals surface area contributed by atoms with Crippen LogP contribution >= 0.6 is 0 Å². The number of nitrogens with one attached hydrogen (secondary N) is 1. The van der Waals surface area contributed by atoms with Crippen LogP contribution in [0.15, 0.2) is 53.7 Å². The zero-order valence-electron chi connectivity index (χ0n) is 17.9. The van der Waals surface area contributed by atoms with E-state index in [0.717, 1.165) is 0 Å². The molecular weight excluding hydrogens is 436 g/mol. The van der Waals surface area contributed by atoms with Gasteiger partial charge in [0.15, 0.2) is 17.3 Å². The molecule has 0 aliphatic carbocycles. The molecule has 0 spiro atoms. The van der Waals surface area contributed by atoms with Crippen LogP contribution in [-0.4, -0.2) is 50.5 Å². The Morgan fingerprint density at radius 3 is 2.53 bits per heavy atom. The number of esters is 1. The van der Waals surface area contributed by atoms with Crippen LogP contribution in [-0.2, 0) is 26.6 Å². The van der Waals surface area contributed by atoms with Gasteiger partial charge in [0, 0.05) is 24.4 Å². The molecule has 0 saturated carbocycles. The number of carbonyl (C=O) groups excluding carboxylic acids is 1. The lowest BCUT2D eigenvalue weighted by Gasteiger charge is -2.16. The fourth-order valence-corrected chi connectivity index (χ4v) is 4.22. The van der Waals surface area contributed by atoms with Crippen LogP contribution < -0.4 is 14.2 Å². The Hall–Kier alpha value is -3.86. The monoisotopic (exact) mass is 458 g/mol. The van der Waals surface area contributed by atoms with Gasteiger partial charge in [0.05, 0.1) is 21.3 Å². The standard InChI is InChI=1S/C21H22N4O6S/c1-25-13-22-23-21(25)15-6-5-7-16(12-15)24-32(27,28)18-11-14(8-9-19(26)30-3)10-17(29-2)20(18)31-4/h5-13,24H,1-4H3/b9-8+. The Bertz CT molecular complexity index is 1270. The largest absolute Gasteiger partial charge is 0.493 e. The van der Waals surface area contributed by atoms with Crippen molar-refractivity contribution in [3.63, 3.8) is 0 Å². The highest BCUT2D eigenvalue weighted by Gasteiger charge is 2.24. The van der Waals surface area contributed by atoms with E-state index in [0.29, 0.717) is 22.6 Å². The van der Waals surface area contributed by atoms with Gasteiger partial charge in [0.25, 0.3) is 10.0 Å². The van der Waals surface area contributed by atoms with Gasteiger partial charge in [-0.2, -0.15) is 0 Å². The average molecular weight is 458 g/mol. The summed E-state index contributed by atoms with van der Waals surface area (Å²) >= 11 is 0. The Morgan fingerprint density at radius 2 is 1.91 bits per heavy atom. The van der Waals surface area contributed by atoms with E-state index in [4.69, 9.17) is 9.47 Å². The Morgan fingerprint density at radius 1 is 1.12 bits per heavy atom. The summed E-state index contributed by atoms with van der Waals surface area (Å²) in [5.41, 5.74) is 1.41. The van der Waals surface area contributed by atoms with Crippen LogP contribution in [0, 0.1) is 0 Å². The minimum atomic E-state index is -4.10. The highest BCUT2D eigenvalue weighted by molar-refractivity contribution is 7.92. The van der Waals surface area contributed by atoms with Gasteiger partial charge < -0.3 is 18.8 Å². The maximum absolute atomic E-state index is 13.3. The van der Waals surface area contributed by atoms with Gasteiger partial charge in [-0.05, 0) is 35.9 Å². The average Bonchev–Trinajstić information content (AvgIpc) is 3.22. The van der Waals surface area contributed by atoms with E-state index >= 15 is 0 Å². The highest BCUT2D eigenvalue weighted by atomic mass is 32.2. The molecule has 0 amide bonds. The molecule has 0 radical (unpaired) electrons. The van der Waals surface area contributed by atoms with Crippen LogP contribution in [0.25, 0.3) is 17.5 Å².